The Morgan fingerprint density at radius 1 is 1.00 bits per heavy atom. The van der Waals surface area contributed by atoms with Crippen LogP contribution in [0.5, 0.6) is 0 Å². The molecule has 92 valence electrons. The molecule has 0 aliphatic rings. The number of carboxylic acids is 1. The smallest absolute Gasteiger partial charge is 0.352 e. The predicted octanol–water partition coefficient (Wildman–Crippen LogP) is 2.22. The van der Waals surface area contributed by atoms with Crippen LogP contribution in [0.15, 0.2) is 30.5 Å². The summed E-state index contributed by atoms with van der Waals surface area (Å²) < 4.78 is 25.9. The van der Waals surface area contributed by atoms with Gasteiger partial charge in [-0.3, -0.25) is 4.79 Å². The number of carbonyl (C=O) groups excluding carboxylic acids is 1. The number of halogens is 2. The summed E-state index contributed by atoms with van der Waals surface area (Å²) in [7, 11) is 0. The molecule has 0 aliphatic heterocycles. The Morgan fingerprint density at radius 3 is 2.11 bits per heavy atom. The summed E-state index contributed by atoms with van der Waals surface area (Å²) in [5, 5.41) is 8.68. The summed E-state index contributed by atoms with van der Waals surface area (Å²) >= 11 is 0. The summed E-state index contributed by atoms with van der Waals surface area (Å²) in [6.07, 6.45) is 1.18. The molecule has 1 aromatic heterocycles. The molecule has 6 heteroatoms. The first-order valence-electron chi connectivity index (χ1n) is 4.90. The Labute approximate surface area is 99.9 Å². The quantitative estimate of drug-likeness (QED) is 0.822. The van der Waals surface area contributed by atoms with Gasteiger partial charge >= 0.3 is 5.97 Å². The van der Waals surface area contributed by atoms with E-state index < -0.39 is 23.4 Å². The van der Waals surface area contributed by atoms with Crippen LogP contribution in [0, 0.1) is 11.6 Å². The van der Waals surface area contributed by atoms with Gasteiger partial charge < -0.3 is 10.1 Å². The van der Waals surface area contributed by atoms with E-state index in [9.17, 15) is 18.4 Å². The first-order chi connectivity index (χ1) is 8.47. The largest absolute Gasteiger partial charge is 0.477 e. The van der Waals surface area contributed by atoms with Gasteiger partial charge in [0.1, 0.15) is 17.3 Å². The van der Waals surface area contributed by atoms with Crippen molar-refractivity contribution in [2.24, 2.45) is 0 Å². The van der Waals surface area contributed by atoms with E-state index >= 15 is 0 Å². The second kappa shape index (κ2) is 4.40. The first kappa shape index (κ1) is 12.0. The van der Waals surface area contributed by atoms with Crippen molar-refractivity contribution in [2.45, 2.75) is 0 Å². The van der Waals surface area contributed by atoms with Gasteiger partial charge in [-0.25, -0.2) is 13.6 Å². The van der Waals surface area contributed by atoms with E-state index in [4.69, 9.17) is 5.11 Å². The Morgan fingerprint density at radius 2 is 1.61 bits per heavy atom. The number of nitrogens with one attached hydrogen (secondary N) is 1. The average molecular weight is 251 g/mol. The second-order valence-electron chi connectivity index (χ2n) is 3.59. The summed E-state index contributed by atoms with van der Waals surface area (Å²) in [6.45, 7) is 0. The van der Waals surface area contributed by atoms with Gasteiger partial charge in [0.15, 0.2) is 5.78 Å². The van der Waals surface area contributed by atoms with Crippen LogP contribution >= 0.6 is 0 Å². The van der Waals surface area contributed by atoms with Crippen LogP contribution in [0.2, 0.25) is 0 Å². The summed E-state index contributed by atoms with van der Waals surface area (Å²) in [5.74, 6) is -3.61. The molecule has 2 rings (SSSR count). The van der Waals surface area contributed by atoms with Crippen LogP contribution in [-0.2, 0) is 0 Å². The van der Waals surface area contributed by atoms with Crippen LogP contribution in [0.4, 0.5) is 8.78 Å². The van der Waals surface area contributed by atoms with Gasteiger partial charge in [-0.15, -0.1) is 0 Å². The van der Waals surface area contributed by atoms with Crippen molar-refractivity contribution < 1.29 is 23.5 Å². The van der Waals surface area contributed by atoms with Crippen molar-refractivity contribution in [3.8, 4) is 0 Å². The molecule has 0 radical (unpaired) electrons. The maximum absolute atomic E-state index is 12.9. The van der Waals surface area contributed by atoms with Gasteiger partial charge in [0.2, 0.25) is 0 Å². The molecule has 1 heterocycles. The molecule has 0 fully saturated rings. The number of hydrogen-bond donors (Lipinski definition) is 2. The van der Waals surface area contributed by atoms with E-state index in [1.165, 1.54) is 6.20 Å². The standard InChI is InChI=1S/C12H7F2NO3/c13-8-1-6(2-9(14)4-8)11(16)7-3-10(12(17)18)15-5-7/h1-5,15H,(H,17,18). The zero-order chi connectivity index (χ0) is 13.3. The lowest BCUT2D eigenvalue weighted by atomic mass is 10.1. The van der Waals surface area contributed by atoms with Crippen molar-refractivity contribution >= 4 is 11.8 Å². The maximum Gasteiger partial charge on any atom is 0.352 e. The van der Waals surface area contributed by atoms with E-state index in [-0.39, 0.29) is 16.8 Å². The lowest BCUT2D eigenvalue weighted by molar-refractivity contribution is 0.0691. The normalized spacial score (nSPS) is 10.3. The van der Waals surface area contributed by atoms with Crippen molar-refractivity contribution in [2.75, 3.05) is 0 Å². The van der Waals surface area contributed by atoms with E-state index in [1.54, 1.807) is 0 Å². The summed E-state index contributed by atoms with van der Waals surface area (Å²) in [6, 6.07) is 3.53. The number of ketones is 1. The Bertz CT molecular complexity index is 614. The highest BCUT2D eigenvalue weighted by Crippen LogP contribution is 2.14. The molecule has 0 saturated heterocycles. The molecule has 0 amide bonds. The van der Waals surface area contributed by atoms with Crippen molar-refractivity contribution in [3.63, 3.8) is 0 Å². The number of carboxylic acid groups (broad SMARTS) is 1. The molecule has 0 bridgehead atoms. The molecule has 0 atom stereocenters. The minimum Gasteiger partial charge on any atom is -0.477 e. The molecule has 0 saturated carbocycles. The van der Waals surface area contributed by atoms with Gasteiger partial charge in [-0.05, 0) is 18.2 Å². The fourth-order valence-electron chi connectivity index (χ4n) is 1.50. The third-order valence-corrected chi connectivity index (χ3v) is 2.30. The average Bonchev–Trinajstić information content (AvgIpc) is 2.75. The number of carbonyl (C=O) groups is 2. The van der Waals surface area contributed by atoms with Crippen LogP contribution < -0.4 is 0 Å². The molecular weight excluding hydrogens is 244 g/mol. The fraction of sp³-hybridized carbons (Fsp3) is 0. The summed E-state index contributed by atoms with van der Waals surface area (Å²) in [4.78, 5) is 24.8. The molecule has 2 N–H and O–H groups in total. The fourth-order valence-corrected chi connectivity index (χ4v) is 1.50. The minimum atomic E-state index is -1.22. The predicted molar refractivity (Wildman–Crippen MR) is 57.5 cm³/mol. The molecule has 18 heavy (non-hydrogen) atoms. The lowest BCUT2D eigenvalue weighted by Gasteiger charge is -1.99. The SMILES string of the molecule is O=C(c1cc(F)cc(F)c1)c1c[nH]c(C(=O)O)c1. The number of H-pyrrole nitrogens is 1. The minimum absolute atomic E-state index is 0.0254. The van der Waals surface area contributed by atoms with Gasteiger partial charge in [-0.2, -0.15) is 0 Å². The molecule has 4 nitrogen and oxygen atoms in total. The molecule has 0 aliphatic carbocycles. The second-order valence-corrected chi connectivity index (χ2v) is 3.59. The van der Waals surface area contributed by atoms with Gasteiger partial charge in [-0.1, -0.05) is 0 Å². The number of benzene rings is 1. The zero-order valence-corrected chi connectivity index (χ0v) is 8.91. The number of rotatable bonds is 3. The Balaban J connectivity index is 2.38. The highest BCUT2D eigenvalue weighted by Gasteiger charge is 2.15. The van der Waals surface area contributed by atoms with Crippen molar-refractivity contribution in [3.05, 3.63) is 58.9 Å². The highest BCUT2D eigenvalue weighted by atomic mass is 19.1. The van der Waals surface area contributed by atoms with E-state index in [2.05, 4.69) is 4.98 Å². The number of aromatic carboxylic acids is 1. The monoisotopic (exact) mass is 251 g/mol. The van der Waals surface area contributed by atoms with E-state index in [1.807, 2.05) is 0 Å². The number of aromatic amines is 1. The van der Waals surface area contributed by atoms with Crippen LogP contribution in [-0.4, -0.2) is 21.8 Å². The van der Waals surface area contributed by atoms with Crippen LogP contribution in [0.3, 0.4) is 0 Å². The Kier molecular flexibility index (Phi) is 2.93. The summed E-state index contributed by atoms with van der Waals surface area (Å²) in [5.41, 5.74) is -0.323. The molecule has 2 aromatic rings. The van der Waals surface area contributed by atoms with Crippen molar-refractivity contribution in [1.82, 2.24) is 4.98 Å². The molecule has 0 unspecified atom stereocenters. The maximum atomic E-state index is 12.9. The number of aromatic nitrogens is 1. The van der Waals surface area contributed by atoms with Crippen LogP contribution in [0.1, 0.15) is 26.4 Å². The highest BCUT2D eigenvalue weighted by molar-refractivity contribution is 6.09. The molecule has 1 aromatic carbocycles. The van der Waals surface area contributed by atoms with Gasteiger partial charge in [0.05, 0.1) is 0 Å². The van der Waals surface area contributed by atoms with Gasteiger partial charge in [0.25, 0.3) is 0 Å². The molecule has 0 spiro atoms. The van der Waals surface area contributed by atoms with Crippen LogP contribution in [0.25, 0.3) is 0 Å². The van der Waals surface area contributed by atoms with E-state index in [0.29, 0.717) is 6.07 Å². The number of hydrogen-bond acceptors (Lipinski definition) is 2. The third kappa shape index (κ3) is 2.27. The lowest BCUT2D eigenvalue weighted by Crippen LogP contribution is -2.01. The van der Waals surface area contributed by atoms with E-state index in [0.717, 1.165) is 18.2 Å². The topological polar surface area (TPSA) is 70.2 Å². The first-order valence-corrected chi connectivity index (χ1v) is 4.90. The Hall–Kier alpha value is -2.50. The third-order valence-electron chi connectivity index (χ3n) is 2.30. The van der Waals surface area contributed by atoms with Gasteiger partial charge in [0, 0.05) is 23.4 Å². The zero-order valence-electron chi connectivity index (χ0n) is 8.91. The molecular formula is C12H7F2NO3. The van der Waals surface area contributed by atoms with Crippen molar-refractivity contribution in [1.29, 1.82) is 0 Å².